The molecule has 2 aliphatic heterocycles. The first-order valence-electron chi connectivity index (χ1n) is 27.7. The van der Waals surface area contributed by atoms with E-state index in [0.717, 1.165) is 83.2 Å². The average molecular weight is 1020 g/mol. The summed E-state index contributed by atoms with van der Waals surface area (Å²) in [6.07, 6.45) is 0. The molecule has 0 bridgehead atoms. The van der Waals surface area contributed by atoms with Gasteiger partial charge in [-0.2, -0.15) is 0 Å². The van der Waals surface area contributed by atoms with E-state index in [1.807, 2.05) is 6.07 Å². The molecule has 0 radical (unpaired) electrons. The summed E-state index contributed by atoms with van der Waals surface area (Å²) in [5.41, 5.74) is 25.6. The SMILES string of the molecule is CC(C)(C)c1ccc2c(c1)N(c1ccc(-c3ccccc3)cc1-c1ccccc1)c1cc(C(C)(C)C)cc3c1B2c1cc(-c2cccc4c2oc2ccccc24)ccc1N3c1ccc(-c2cccc3c2oc2ccccc23)cc1. The second-order valence-corrected chi connectivity index (χ2v) is 23.7. The third-order valence-electron chi connectivity index (χ3n) is 16.8. The van der Waals surface area contributed by atoms with Gasteiger partial charge in [-0.25, -0.2) is 0 Å². The Bertz CT molecular complexity index is 4570. The van der Waals surface area contributed by atoms with Crippen LogP contribution in [0.15, 0.2) is 245 Å². The van der Waals surface area contributed by atoms with Crippen molar-refractivity contribution in [3.8, 4) is 44.5 Å². The Morgan fingerprint density at radius 3 is 1.46 bits per heavy atom. The Labute approximate surface area is 461 Å². The van der Waals surface area contributed by atoms with Crippen molar-refractivity contribution in [1.82, 2.24) is 0 Å². The molecule has 0 spiro atoms. The molecule has 0 fully saturated rings. The van der Waals surface area contributed by atoms with E-state index in [2.05, 4.69) is 282 Å². The maximum absolute atomic E-state index is 6.77. The van der Waals surface area contributed by atoms with Gasteiger partial charge >= 0.3 is 0 Å². The highest BCUT2D eigenvalue weighted by molar-refractivity contribution is 7.00. The summed E-state index contributed by atoms with van der Waals surface area (Å²) in [7, 11) is 0. The second kappa shape index (κ2) is 17.6. The number of fused-ring (bicyclic) bond motifs is 10. The van der Waals surface area contributed by atoms with Gasteiger partial charge in [0.1, 0.15) is 22.3 Å². The number of benzene rings is 11. The summed E-state index contributed by atoms with van der Waals surface area (Å²) in [6, 6.07) is 87.3. The zero-order chi connectivity index (χ0) is 53.3. The van der Waals surface area contributed by atoms with Crippen LogP contribution in [0.5, 0.6) is 0 Å². The first kappa shape index (κ1) is 46.9. The Hall–Kier alpha value is -9.32. The van der Waals surface area contributed by atoms with Crippen LogP contribution in [0, 0.1) is 0 Å². The van der Waals surface area contributed by atoms with Crippen LogP contribution >= 0.6 is 0 Å². The zero-order valence-electron chi connectivity index (χ0n) is 45.3. The van der Waals surface area contributed by atoms with Crippen molar-refractivity contribution >= 4 is 101 Å². The van der Waals surface area contributed by atoms with Crippen molar-refractivity contribution in [1.29, 1.82) is 0 Å². The number of hydrogen-bond donors (Lipinski definition) is 0. The van der Waals surface area contributed by atoms with Gasteiger partial charge in [-0.05, 0) is 127 Å². The van der Waals surface area contributed by atoms with Crippen LogP contribution in [-0.2, 0) is 10.8 Å². The van der Waals surface area contributed by atoms with Gasteiger partial charge in [-0.15, -0.1) is 0 Å². The molecule has 13 aromatic rings. The van der Waals surface area contributed by atoms with Crippen LogP contribution in [0.2, 0.25) is 0 Å². The highest BCUT2D eigenvalue weighted by atomic mass is 16.3. The fourth-order valence-electron chi connectivity index (χ4n) is 12.7. The fraction of sp³-hybridized carbons (Fsp3) is 0.108. The number of nitrogens with zero attached hydrogens (tertiary/aromatic N) is 2. The van der Waals surface area contributed by atoms with Crippen LogP contribution in [-0.4, -0.2) is 6.71 Å². The van der Waals surface area contributed by atoms with E-state index in [1.165, 1.54) is 66.8 Å². The second-order valence-electron chi connectivity index (χ2n) is 23.7. The van der Waals surface area contributed by atoms with Gasteiger partial charge in [-0.3, -0.25) is 0 Å². The largest absolute Gasteiger partial charge is 0.455 e. The van der Waals surface area contributed by atoms with Crippen molar-refractivity contribution in [2.45, 2.75) is 52.4 Å². The molecule has 2 aliphatic rings. The Morgan fingerprint density at radius 1 is 0.316 bits per heavy atom. The maximum atomic E-state index is 6.77. The fourth-order valence-corrected chi connectivity index (χ4v) is 12.7. The molecule has 2 aromatic heterocycles. The Balaban J connectivity index is 1.01. The lowest BCUT2D eigenvalue weighted by Crippen LogP contribution is -2.61. The van der Waals surface area contributed by atoms with Crippen LogP contribution < -0.4 is 26.2 Å². The molecule has 79 heavy (non-hydrogen) atoms. The van der Waals surface area contributed by atoms with E-state index in [-0.39, 0.29) is 17.5 Å². The van der Waals surface area contributed by atoms with Gasteiger partial charge in [0.25, 0.3) is 6.71 Å². The normalized spacial score (nSPS) is 13.1. The molecule has 11 aromatic carbocycles. The number of para-hydroxylation sites is 4. The third-order valence-corrected chi connectivity index (χ3v) is 16.8. The Morgan fingerprint density at radius 2 is 0.823 bits per heavy atom. The molecule has 5 heteroatoms. The molecule has 0 unspecified atom stereocenters. The first-order valence-corrected chi connectivity index (χ1v) is 27.7. The zero-order valence-corrected chi connectivity index (χ0v) is 45.3. The lowest BCUT2D eigenvalue weighted by Gasteiger charge is -2.46. The highest BCUT2D eigenvalue weighted by Gasteiger charge is 2.45. The molecule has 4 heterocycles. The van der Waals surface area contributed by atoms with Gasteiger partial charge in [0, 0.05) is 66.7 Å². The van der Waals surface area contributed by atoms with Crippen molar-refractivity contribution < 1.29 is 8.83 Å². The molecule has 0 atom stereocenters. The van der Waals surface area contributed by atoms with Crippen molar-refractivity contribution in [3.63, 3.8) is 0 Å². The minimum absolute atomic E-state index is 0.110. The summed E-state index contributed by atoms with van der Waals surface area (Å²) in [4.78, 5) is 5.16. The van der Waals surface area contributed by atoms with E-state index in [4.69, 9.17) is 8.83 Å². The van der Waals surface area contributed by atoms with Crippen LogP contribution in [0.3, 0.4) is 0 Å². The summed E-state index contributed by atoms with van der Waals surface area (Å²) < 4.78 is 13.4. The molecule has 0 saturated heterocycles. The molecule has 15 rings (SSSR count). The number of hydrogen-bond acceptors (Lipinski definition) is 4. The summed E-state index contributed by atoms with van der Waals surface area (Å²) in [5, 5.41) is 4.49. The molecule has 0 N–H and O–H groups in total. The van der Waals surface area contributed by atoms with E-state index < -0.39 is 0 Å². The van der Waals surface area contributed by atoms with Crippen molar-refractivity contribution in [3.05, 3.63) is 248 Å². The monoisotopic (exact) mass is 1020 g/mol. The van der Waals surface area contributed by atoms with Gasteiger partial charge in [0.2, 0.25) is 0 Å². The lowest BCUT2D eigenvalue weighted by atomic mass is 9.33. The molecule has 378 valence electrons. The summed E-state index contributed by atoms with van der Waals surface area (Å²) >= 11 is 0. The predicted octanol–water partition coefficient (Wildman–Crippen LogP) is 18.8. The van der Waals surface area contributed by atoms with E-state index in [1.54, 1.807) is 0 Å². The number of furan rings is 2. The predicted molar refractivity (Wildman–Crippen MR) is 334 cm³/mol. The van der Waals surface area contributed by atoms with Crippen LogP contribution in [0.1, 0.15) is 52.7 Å². The summed E-state index contributed by atoms with van der Waals surface area (Å²) in [5.74, 6) is 0. The lowest BCUT2D eigenvalue weighted by molar-refractivity contribution is 0.590. The van der Waals surface area contributed by atoms with E-state index in [0.29, 0.717) is 0 Å². The molecule has 0 aliphatic carbocycles. The van der Waals surface area contributed by atoms with E-state index in [9.17, 15) is 0 Å². The molecular formula is C74H57BN2O2. The van der Waals surface area contributed by atoms with Crippen LogP contribution in [0.25, 0.3) is 88.4 Å². The number of anilines is 6. The van der Waals surface area contributed by atoms with Gasteiger partial charge in [-0.1, -0.05) is 217 Å². The van der Waals surface area contributed by atoms with Gasteiger partial charge in [0.05, 0.1) is 5.69 Å². The molecule has 4 nitrogen and oxygen atoms in total. The van der Waals surface area contributed by atoms with Crippen molar-refractivity contribution in [2.75, 3.05) is 9.80 Å². The van der Waals surface area contributed by atoms with Crippen molar-refractivity contribution in [2.24, 2.45) is 0 Å². The van der Waals surface area contributed by atoms with Crippen LogP contribution in [0.4, 0.5) is 34.1 Å². The van der Waals surface area contributed by atoms with E-state index >= 15 is 0 Å². The first-order chi connectivity index (χ1) is 38.4. The van der Waals surface area contributed by atoms with Gasteiger partial charge < -0.3 is 18.6 Å². The topological polar surface area (TPSA) is 32.8 Å². The Kier molecular flexibility index (Phi) is 10.5. The molecule has 0 amide bonds. The quantitative estimate of drug-likeness (QED) is 0.155. The maximum Gasteiger partial charge on any atom is 0.252 e. The minimum Gasteiger partial charge on any atom is -0.455 e. The highest BCUT2D eigenvalue weighted by Crippen LogP contribution is 2.50. The molecular weight excluding hydrogens is 960 g/mol. The molecule has 0 saturated carbocycles. The minimum atomic E-state index is -0.199. The smallest absolute Gasteiger partial charge is 0.252 e. The van der Waals surface area contributed by atoms with Gasteiger partial charge in [0.15, 0.2) is 0 Å². The third kappa shape index (κ3) is 7.51. The standard InChI is InChI=1S/C74H57BN2O2/c1-73(2,3)51-35-38-61-65(43-51)77(63-39-33-49(46-19-9-7-10-20-46)41-60(63)47-21-11-8-12-22-47)67-45-52(74(4,5)6)44-66-70(67)75(61)62-42-50(55-26-18-28-59-57-24-14-16-30-69(57)79-72(55)59)34-40-64(62)76(66)53-36-31-48(32-37-53)54-25-17-27-58-56-23-13-15-29-68(56)78-71(54)58/h7-45H,1-6H3. The average Bonchev–Trinajstić information content (AvgIpc) is 4.24. The summed E-state index contributed by atoms with van der Waals surface area (Å²) in [6.45, 7) is 13.9. The number of rotatable bonds is 6.